The average molecular weight is 291 g/mol. The van der Waals surface area contributed by atoms with Crippen LogP contribution in [0.4, 0.5) is 0 Å². The van der Waals surface area contributed by atoms with Crippen LogP contribution in [-0.4, -0.2) is 26.5 Å². The molecule has 0 spiro atoms. The van der Waals surface area contributed by atoms with Crippen LogP contribution in [0.3, 0.4) is 0 Å². The van der Waals surface area contributed by atoms with Gasteiger partial charge in [0, 0.05) is 17.9 Å². The topological polar surface area (TPSA) is 47.6 Å². The lowest BCUT2D eigenvalue weighted by atomic mass is 9.83. The molecule has 1 atom stereocenters. The van der Waals surface area contributed by atoms with Gasteiger partial charge in [0.2, 0.25) is 0 Å². The molecule has 116 valence electrons. The highest BCUT2D eigenvalue weighted by Crippen LogP contribution is 2.37. The molecule has 1 N–H and O–H groups in total. The predicted molar refractivity (Wildman–Crippen MR) is 83.1 cm³/mol. The van der Waals surface area contributed by atoms with Gasteiger partial charge in [-0.1, -0.05) is 20.8 Å². The summed E-state index contributed by atoms with van der Waals surface area (Å²) in [4.78, 5) is 12.3. The molecule has 1 aromatic carbocycles. The minimum absolute atomic E-state index is 0.0558. The minimum atomic E-state index is -0.310. The van der Waals surface area contributed by atoms with E-state index in [1.165, 1.54) is 5.56 Å². The molecule has 0 radical (unpaired) electrons. The molecule has 0 saturated carbocycles. The highest BCUT2D eigenvalue weighted by atomic mass is 16.5. The van der Waals surface area contributed by atoms with Gasteiger partial charge in [0.15, 0.2) is 11.5 Å². The van der Waals surface area contributed by atoms with Crippen molar-refractivity contribution in [2.24, 2.45) is 5.41 Å². The van der Waals surface area contributed by atoms with Crippen LogP contribution in [0, 0.1) is 5.41 Å². The van der Waals surface area contributed by atoms with E-state index in [2.05, 4.69) is 5.32 Å². The van der Waals surface area contributed by atoms with Gasteiger partial charge in [-0.3, -0.25) is 4.79 Å². The fourth-order valence-electron chi connectivity index (χ4n) is 2.64. The van der Waals surface area contributed by atoms with Crippen LogP contribution in [0.5, 0.6) is 11.5 Å². The third-order valence-electron chi connectivity index (χ3n) is 4.03. The van der Waals surface area contributed by atoms with Crippen molar-refractivity contribution >= 4 is 5.78 Å². The van der Waals surface area contributed by atoms with E-state index in [4.69, 9.17) is 9.47 Å². The summed E-state index contributed by atoms with van der Waals surface area (Å²) in [5, 5.41) is 3.45. The lowest BCUT2D eigenvalue weighted by Crippen LogP contribution is -2.34. The van der Waals surface area contributed by atoms with Crippen molar-refractivity contribution in [2.75, 3.05) is 20.8 Å². The summed E-state index contributed by atoms with van der Waals surface area (Å²) in [6.07, 6.45) is 1.45. The van der Waals surface area contributed by atoms with Crippen LogP contribution in [0.15, 0.2) is 12.1 Å². The third-order valence-corrected chi connectivity index (χ3v) is 4.03. The molecule has 2 rings (SSSR count). The maximum absolute atomic E-state index is 12.3. The Hall–Kier alpha value is -1.55. The van der Waals surface area contributed by atoms with E-state index in [1.54, 1.807) is 14.2 Å². The van der Waals surface area contributed by atoms with E-state index in [0.717, 1.165) is 24.3 Å². The first-order valence-corrected chi connectivity index (χ1v) is 7.38. The molecule has 0 amide bonds. The van der Waals surface area contributed by atoms with Gasteiger partial charge in [-0.05, 0) is 36.2 Å². The van der Waals surface area contributed by atoms with Crippen LogP contribution in [0.25, 0.3) is 0 Å². The summed E-state index contributed by atoms with van der Waals surface area (Å²) < 4.78 is 10.7. The SMILES string of the molecule is COc1cc2c(cc1OC)[C@@H](CC(=O)C(C)(C)C)NCC2. The molecular formula is C17H25NO3. The van der Waals surface area contributed by atoms with Gasteiger partial charge in [-0.15, -0.1) is 0 Å². The van der Waals surface area contributed by atoms with Crippen molar-refractivity contribution in [3.8, 4) is 11.5 Å². The van der Waals surface area contributed by atoms with Gasteiger partial charge < -0.3 is 14.8 Å². The third kappa shape index (κ3) is 3.38. The maximum atomic E-state index is 12.3. The molecule has 0 bridgehead atoms. The first kappa shape index (κ1) is 15.8. The zero-order chi connectivity index (χ0) is 15.6. The normalized spacial score (nSPS) is 18.0. The molecule has 0 saturated heterocycles. The molecule has 0 aromatic heterocycles. The van der Waals surface area contributed by atoms with Crippen LogP contribution in [-0.2, 0) is 11.2 Å². The summed E-state index contributed by atoms with van der Waals surface area (Å²) in [6.45, 7) is 6.78. The Bertz CT molecular complexity index is 532. The smallest absolute Gasteiger partial charge is 0.161 e. The number of hydrogen-bond acceptors (Lipinski definition) is 4. The lowest BCUT2D eigenvalue weighted by Gasteiger charge is -2.29. The zero-order valence-corrected chi connectivity index (χ0v) is 13.6. The summed E-state index contributed by atoms with van der Waals surface area (Å²) in [7, 11) is 3.28. The van der Waals surface area contributed by atoms with Crippen molar-refractivity contribution < 1.29 is 14.3 Å². The van der Waals surface area contributed by atoms with E-state index in [-0.39, 0.29) is 17.2 Å². The highest BCUT2D eigenvalue weighted by Gasteiger charge is 2.29. The molecule has 1 aliphatic rings. The number of ketones is 1. The largest absolute Gasteiger partial charge is 0.493 e. The Morgan fingerprint density at radius 2 is 1.86 bits per heavy atom. The van der Waals surface area contributed by atoms with Gasteiger partial charge in [0.25, 0.3) is 0 Å². The highest BCUT2D eigenvalue weighted by molar-refractivity contribution is 5.84. The average Bonchev–Trinajstić information content (AvgIpc) is 2.45. The van der Waals surface area contributed by atoms with Gasteiger partial charge in [0.05, 0.1) is 14.2 Å². The van der Waals surface area contributed by atoms with Gasteiger partial charge in [0.1, 0.15) is 5.78 Å². The van der Waals surface area contributed by atoms with Crippen molar-refractivity contribution in [1.82, 2.24) is 5.32 Å². The monoisotopic (exact) mass is 291 g/mol. The number of rotatable bonds is 4. The molecule has 21 heavy (non-hydrogen) atoms. The van der Waals surface area contributed by atoms with Crippen LogP contribution < -0.4 is 14.8 Å². The Kier molecular flexibility index (Phi) is 4.57. The first-order chi connectivity index (χ1) is 9.86. The summed E-state index contributed by atoms with van der Waals surface area (Å²) in [5.74, 6) is 1.73. The Labute approximate surface area is 126 Å². The maximum Gasteiger partial charge on any atom is 0.161 e. The second kappa shape index (κ2) is 6.06. The number of hydrogen-bond donors (Lipinski definition) is 1. The molecule has 4 heteroatoms. The van der Waals surface area contributed by atoms with Gasteiger partial charge in [-0.25, -0.2) is 0 Å². The van der Waals surface area contributed by atoms with Crippen molar-refractivity contribution in [3.05, 3.63) is 23.3 Å². The van der Waals surface area contributed by atoms with E-state index >= 15 is 0 Å². The van der Waals surface area contributed by atoms with E-state index in [9.17, 15) is 4.79 Å². The molecule has 0 fully saturated rings. The molecule has 0 aliphatic carbocycles. The van der Waals surface area contributed by atoms with E-state index < -0.39 is 0 Å². The van der Waals surface area contributed by atoms with Crippen LogP contribution in [0.2, 0.25) is 0 Å². The molecule has 1 aromatic rings. The Morgan fingerprint density at radius 1 is 1.24 bits per heavy atom. The number of ether oxygens (including phenoxy) is 2. The van der Waals surface area contributed by atoms with Crippen molar-refractivity contribution in [2.45, 2.75) is 39.7 Å². The number of methoxy groups -OCH3 is 2. The second-order valence-corrected chi connectivity index (χ2v) is 6.54. The molecule has 4 nitrogen and oxygen atoms in total. The fourth-order valence-corrected chi connectivity index (χ4v) is 2.64. The summed E-state index contributed by atoms with van der Waals surface area (Å²) in [6, 6.07) is 4.09. The van der Waals surface area contributed by atoms with Crippen LogP contribution >= 0.6 is 0 Å². The number of nitrogens with one attached hydrogen (secondary N) is 1. The molecule has 0 unspecified atom stereocenters. The Balaban J connectivity index is 2.32. The van der Waals surface area contributed by atoms with E-state index in [0.29, 0.717) is 12.2 Å². The molecule has 1 heterocycles. The summed E-state index contributed by atoms with van der Waals surface area (Å²) in [5.41, 5.74) is 2.07. The molecular weight excluding hydrogens is 266 g/mol. The number of benzene rings is 1. The van der Waals surface area contributed by atoms with E-state index in [1.807, 2.05) is 32.9 Å². The van der Waals surface area contributed by atoms with Gasteiger partial charge >= 0.3 is 0 Å². The number of carbonyl (C=O) groups excluding carboxylic acids is 1. The fraction of sp³-hybridized carbons (Fsp3) is 0.588. The zero-order valence-electron chi connectivity index (χ0n) is 13.6. The minimum Gasteiger partial charge on any atom is -0.493 e. The second-order valence-electron chi connectivity index (χ2n) is 6.54. The number of Topliss-reactive ketones (excluding diaryl/α,β-unsaturated/α-hetero) is 1. The Morgan fingerprint density at radius 3 is 2.43 bits per heavy atom. The standard InChI is InChI=1S/C17H25NO3/c1-17(2,3)16(19)10-13-12-9-15(21-5)14(20-4)8-11(12)6-7-18-13/h8-9,13,18H,6-7,10H2,1-5H3/t13-/m1/s1. The molecule has 1 aliphatic heterocycles. The quantitative estimate of drug-likeness (QED) is 0.926. The predicted octanol–water partition coefficient (Wildman–Crippen LogP) is 2.90. The first-order valence-electron chi connectivity index (χ1n) is 7.38. The van der Waals surface area contributed by atoms with Crippen molar-refractivity contribution in [3.63, 3.8) is 0 Å². The lowest BCUT2D eigenvalue weighted by molar-refractivity contribution is -0.126. The number of carbonyl (C=O) groups is 1. The van der Waals surface area contributed by atoms with Crippen LogP contribution in [0.1, 0.15) is 44.4 Å². The van der Waals surface area contributed by atoms with Crippen molar-refractivity contribution in [1.29, 1.82) is 0 Å². The van der Waals surface area contributed by atoms with Gasteiger partial charge in [-0.2, -0.15) is 0 Å². The summed E-state index contributed by atoms with van der Waals surface area (Å²) >= 11 is 0. The number of fused-ring (bicyclic) bond motifs is 1.